The number of anilines is 1. The van der Waals surface area contributed by atoms with Crippen LogP contribution in [0, 0.1) is 17.1 Å². The highest BCUT2D eigenvalue weighted by Crippen LogP contribution is 2.40. The van der Waals surface area contributed by atoms with Crippen LogP contribution >= 0.6 is 0 Å². The maximum absolute atomic E-state index is 13.5. The van der Waals surface area contributed by atoms with Crippen molar-refractivity contribution in [3.63, 3.8) is 0 Å². The first-order valence-electron chi connectivity index (χ1n) is 6.90. The van der Waals surface area contributed by atoms with Crippen molar-refractivity contribution in [3.8, 4) is 6.07 Å². The predicted molar refractivity (Wildman–Crippen MR) is 77.4 cm³/mol. The molecule has 0 aliphatic rings. The summed E-state index contributed by atoms with van der Waals surface area (Å²) >= 11 is 0. The summed E-state index contributed by atoms with van der Waals surface area (Å²) in [5.74, 6) is -1.32. The molecule has 2 aromatic rings. The van der Waals surface area contributed by atoms with Crippen molar-refractivity contribution in [3.05, 3.63) is 47.8 Å². The Hall–Kier alpha value is -2.60. The van der Waals surface area contributed by atoms with Crippen LogP contribution in [-0.2, 0) is 12.6 Å². The second kappa shape index (κ2) is 6.49. The fourth-order valence-corrected chi connectivity index (χ4v) is 2.31. The van der Waals surface area contributed by atoms with Crippen LogP contribution < -0.4 is 5.32 Å². The molecule has 0 bridgehead atoms. The molecule has 0 saturated carbocycles. The SMILES string of the molecule is Cn1ccnc1[C@@](O)(CCNc1cccc(F)c1C#N)C(F)(F)F. The summed E-state index contributed by atoms with van der Waals surface area (Å²) in [6, 6.07) is 5.41. The first-order chi connectivity index (χ1) is 11.2. The number of hydrogen-bond donors (Lipinski definition) is 2. The summed E-state index contributed by atoms with van der Waals surface area (Å²) in [5, 5.41) is 21.6. The quantitative estimate of drug-likeness (QED) is 0.820. The van der Waals surface area contributed by atoms with Crippen molar-refractivity contribution in [1.82, 2.24) is 9.55 Å². The Morgan fingerprint density at radius 2 is 2.08 bits per heavy atom. The number of nitriles is 1. The average molecular weight is 342 g/mol. The minimum absolute atomic E-state index is 0.0573. The summed E-state index contributed by atoms with van der Waals surface area (Å²) < 4.78 is 54.6. The van der Waals surface area contributed by atoms with E-state index in [2.05, 4.69) is 10.3 Å². The standard InChI is InChI=1S/C15H14F4N4O/c1-23-8-7-22-13(23)14(24,15(17,18)19)5-6-21-12-4-2-3-11(16)10(12)9-20/h2-4,7-8,21,24H,5-6H2,1H3/t14-/m0/s1. The third-order valence-electron chi connectivity index (χ3n) is 3.59. The average Bonchev–Trinajstić information content (AvgIpc) is 2.92. The molecule has 0 radical (unpaired) electrons. The topological polar surface area (TPSA) is 73.9 Å². The lowest BCUT2D eigenvalue weighted by Crippen LogP contribution is -2.45. The fourth-order valence-electron chi connectivity index (χ4n) is 2.31. The Morgan fingerprint density at radius 1 is 1.38 bits per heavy atom. The molecule has 1 aromatic carbocycles. The number of hydrogen-bond acceptors (Lipinski definition) is 4. The van der Waals surface area contributed by atoms with Gasteiger partial charge in [-0.05, 0) is 12.1 Å². The molecule has 0 aliphatic heterocycles. The van der Waals surface area contributed by atoms with E-state index in [9.17, 15) is 22.7 Å². The number of nitrogens with zero attached hydrogens (tertiary/aromatic N) is 3. The monoisotopic (exact) mass is 342 g/mol. The molecule has 1 atom stereocenters. The Labute approximate surface area is 135 Å². The largest absolute Gasteiger partial charge is 0.424 e. The summed E-state index contributed by atoms with van der Waals surface area (Å²) in [5.41, 5.74) is -3.41. The summed E-state index contributed by atoms with van der Waals surface area (Å²) in [4.78, 5) is 3.58. The van der Waals surface area contributed by atoms with Crippen molar-refractivity contribution in [2.45, 2.75) is 18.2 Å². The molecule has 1 aromatic heterocycles. The highest BCUT2D eigenvalue weighted by atomic mass is 19.4. The third-order valence-corrected chi connectivity index (χ3v) is 3.59. The lowest BCUT2D eigenvalue weighted by molar-refractivity contribution is -0.271. The number of aromatic nitrogens is 2. The molecular formula is C15H14F4N4O. The molecule has 0 unspecified atom stereocenters. The number of alkyl halides is 3. The minimum atomic E-state index is -4.95. The second-order valence-corrected chi connectivity index (χ2v) is 5.17. The van der Waals surface area contributed by atoms with Gasteiger partial charge in [0.2, 0.25) is 5.60 Å². The molecule has 0 amide bonds. The predicted octanol–water partition coefficient (Wildman–Crippen LogP) is 2.68. The van der Waals surface area contributed by atoms with E-state index < -0.39 is 29.8 Å². The van der Waals surface area contributed by atoms with Gasteiger partial charge in [-0.25, -0.2) is 9.37 Å². The van der Waals surface area contributed by atoms with Crippen molar-refractivity contribution in [2.75, 3.05) is 11.9 Å². The minimum Gasteiger partial charge on any atom is -0.384 e. The van der Waals surface area contributed by atoms with Gasteiger partial charge in [-0.3, -0.25) is 0 Å². The van der Waals surface area contributed by atoms with Gasteiger partial charge in [0, 0.05) is 32.4 Å². The molecule has 2 N–H and O–H groups in total. The van der Waals surface area contributed by atoms with Crippen LogP contribution in [0.25, 0.3) is 0 Å². The maximum Gasteiger partial charge on any atom is 0.424 e. The van der Waals surface area contributed by atoms with Gasteiger partial charge in [0.1, 0.15) is 23.3 Å². The third kappa shape index (κ3) is 3.19. The van der Waals surface area contributed by atoms with E-state index in [0.717, 1.165) is 16.8 Å². The normalized spacial score (nSPS) is 14.0. The molecule has 24 heavy (non-hydrogen) atoms. The molecule has 0 fully saturated rings. The Kier molecular flexibility index (Phi) is 4.80. The number of imidazole rings is 1. The summed E-state index contributed by atoms with van der Waals surface area (Å²) in [7, 11) is 1.34. The van der Waals surface area contributed by atoms with Crippen LogP contribution in [-0.4, -0.2) is 27.4 Å². The highest BCUT2D eigenvalue weighted by Gasteiger charge is 2.57. The van der Waals surface area contributed by atoms with Crippen molar-refractivity contribution >= 4 is 5.69 Å². The highest BCUT2D eigenvalue weighted by molar-refractivity contribution is 5.57. The molecule has 5 nitrogen and oxygen atoms in total. The first kappa shape index (κ1) is 17.7. The Bertz CT molecular complexity index is 766. The van der Waals surface area contributed by atoms with Gasteiger partial charge in [0.25, 0.3) is 0 Å². The van der Waals surface area contributed by atoms with Crippen molar-refractivity contribution < 1.29 is 22.7 Å². The van der Waals surface area contributed by atoms with Gasteiger partial charge in [0.05, 0.1) is 5.69 Å². The first-order valence-corrected chi connectivity index (χ1v) is 6.90. The fraction of sp³-hybridized carbons (Fsp3) is 0.333. The van der Waals surface area contributed by atoms with Gasteiger partial charge in [0.15, 0.2) is 0 Å². The van der Waals surface area contributed by atoms with Crippen molar-refractivity contribution in [1.29, 1.82) is 5.26 Å². The Balaban J connectivity index is 2.21. The van der Waals surface area contributed by atoms with Crippen LogP contribution in [0.1, 0.15) is 17.8 Å². The molecule has 0 aliphatic carbocycles. The zero-order chi connectivity index (χ0) is 18.0. The van der Waals surface area contributed by atoms with Crippen LogP contribution in [0.5, 0.6) is 0 Å². The van der Waals surface area contributed by atoms with E-state index in [4.69, 9.17) is 5.26 Å². The van der Waals surface area contributed by atoms with Crippen LogP contribution in [0.2, 0.25) is 0 Å². The van der Waals surface area contributed by atoms with Crippen molar-refractivity contribution in [2.24, 2.45) is 7.05 Å². The van der Waals surface area contributed by atoms with E-state index >= 15 is 0 Å². The number of aliphatic hydroxyl groups is 1. The summed E-state index contributed by atoms with van der Waals surface area (Å²) in [6.45, 7) is -0.346. The smallest absolute Gasteiger partial charge is 0.384 e. The molecular weight excluding hydrogens is 328 g/mol. The van der Waals surface area contributed by atoms with Gasteiger partial charge < -0.3 is 15.0 Å². The molecule has 2 rings (SSSR count). The lowest BCUT2D eigenvalue weighted by Gasteiger charge is -2.30. The second-order valence-electron chi connectivity index (χ2n) is 5.17. The lowest BCUT2D eigenvalue weighted by atomic mass is 9.97. The molecule has 0 saturated heterocycles. The van der Waals surface area contributed by atoms with E-state index in [1.54, 1.807) is 6.07 Å². The van der Waals surface area contributed by atoms with Crippen LogP contribution in [0.4, 0.5) is 23.2 Å². The number of aryl methyl sites for hydroxylation is 1. The van der Waals surface area contributed by atoms with Crippen LogP contribution in [0.3, 0.4) is 0 Å². The molecule has 0 spiro atoms. The summed E-state index contributed by atoms with van der Waals surface area (Å²) in [6.07, 6.45) is -3.27. The number of halogens is 4. The molecule has 1 heterocycles. The zero-order valence-electron chi connectivity index (χ0n) is 12.6. The van der Waals surface area contributed by atoms with E-state index in [-0.39, 0.29) is 17.8 Å². The van der Waals surface area contributed by atoms with Crippen LogP contribution in [0.15, 0.2) is 30.6 Å². The van der Waals surface area contributed by atoms with E-state index in [1.807, 2.05) is 0 Å². The van der Waals surface area contributed by atoms with Gasteiger partial charge in [-0.1, -0.05) is 6.07 Å². The zero-order valence-corrected chi connectivity index (χ0v) is 12.6. The van der Waals surface area contributed by atoms with Gasteiger partial charge >= 0.3 is 6.18 Å². The number of rotatable bonds is 5. The number of benzene rings is 1. The van der Waals surface area contributed by atoms with Gasteiger partial charge in [-0.2, -0.15) is 18.4 Å². The maximum atomic E-state index is 13.5. The molecule has 128 valence electrons. The van der Waals surface area contributed by atoms with E-state index in [0.29, 0.717) is 0 Å². The number of nitrogens with one attached hydrogen (secondary N) is 1. The van der Waals surface area contributed by atoms with Gasteiger partial charge in [-0.15, -0.1) is 0 Å². The molecule has 9 heteroatoms. The van der Waals surface area contributed by atoms with E-state index in [1.165, 1.54) is 25.4 Å². The Morgan fingerprint density at radius 3 is 2.62 bits per heavy atom.